The van der Waals surface area contributed by atoms with E-state index in [0.29, 0.717) is 44.9 Å². The Hall–Kier alpha value is -3.53. The molecule has 2 aromatic rings. The zero-order valence-electron chi connectivity index (χ0n) is 27.8. The van der Waals surface area contributed by atoms with E-state index >= 15 is 0 Å². The number of nitrogens with one attached hydrogen (secondary N) is 2. The van der Waals surface area contributed by atoms with Crippen LogP contribution >= 0.6 is 0 Å². The molecule has 1 aromatic heterocycles. The molecule has 2 saturated heterocycles. The van der Waals surface area contributed by atoms with Crippen molar-refractivity contribution in [2.45, 2.75) is 90.4 Å². The van der Waals surface area contributed by atoms with Crippen molar-refractivity contribution in [3.63, 3.8) is 0 Å². The van der Waals surface area contributed by atoms with Gasteiger partial charge in [-0.2, -0.15) is 0 Å². The molecule has 10 nitrogen and oxygen atoms in total. The Labute approximate surface area is 274 Å². The summed E-state index contributed by atoms with van der Waals surface area (Å²) >= 11 is 0. The summed E-state index contributed by atoms with van der Waals surface area (Å²) in [6, 6.07) is 10.3. The van der Waals surface area contributed by atoms with E-state index < -0.39 is 0 Å². The highest BCUT2D eigenvalue weighted by Crippen LogP contribution is 2.37. The lowest BCUT2D eigenvalue weighted by molar-refractivity contribution is -0.134. The van der Waals surface area contributed by atoms with Crippen LogP contribution in [0, 0.1) is 12.3 Å². The minimum Gasteiger partial charge on any atom is -0.491 e. The van der Waals surface area contributed by atoms with E-state index in [1.54, 1.807) is 6.92 Å². The van der Waals surface area contributed by atoms with Crippen molar-refractivity contribution in [1.82, 2.24) is 30.4 Å². The molecule has 1 atom stereocenters. The van der Waals surface area contributed by atoms with E-state index in [2.05, 4.69) is 37.6 Å². The van der Waals surface area contributed by atoms with Crippen LogP contribution in [0.5, 0.6) is 5.75 Å². The molecule has 5 rings (SSSR count). The van der Waals surface area contributed by atoms with Crippen molar-refractivity contribution in [2.24, 2.45) is 5.41 Å². The number of amides is 3. The van der Waals surface area contributed by atoms with Gasteiger partial charge in [-0.25, -0.2) is 9.97 Å². The number of fused-ring (bicyclic) bond motifs is 1. The van der Waals surface area contributed by atoms with Gasteiger partial charge in [0.05, 0.1) is 12.0 Å². The molecule has 0 radical (unpaired) electrons. The van der Waals surface area contributed by atoms with E-state index in [0.717, 1.165) is 101 Å². The molecule has 3 aliphatic rings. The van der Waals surface area contributed by atoms with Gasteiger partial charge in [0.25, 0.3) is 0 Å². The number of aryl methyl sites for hydroxylation is 3. The lowest BCUT2D eigenvalue weighted by atomic mass is 9.73. The maximum atomic E-state index is 13.4. The Kier molecular flexibility index (Phi) is 12.0. The number of likely N-dealkylation sites (tertiary alicyclic amines) is 2. The summed E-state index contributed by atoms with van der Waals surface area (Å²) < 4.78 is 6.02. The molecule has 0 saturated carbocycles. The zero-order chi connectivity index (χ0) is 32.4. The molecule has 3 aliphatic heterocycles. The highest BCUT2D eigenvalue weighted by Gasteiger charge is 2.40. The number of piperidine rings is 2. The van der Waals surface area contributed by atoms with Crippen LogP contribution in [0.4, 0.5) is 0 Å². The first-order valence-electron chi connectivity index (χ1n) is 17.4. The van der Waals surface area contributed by atoms with E-state index in [1.165, 1.54) is 5.56 Å². The van der Waals surface area contributed by atoms with Gasteiger partial charge in [0.1, 0.15) is 18.2 Å². The molecule has 250 valence electrons. The van der Waals surface area contributed by atoms with Crippen molar-refractivity contribution >= 4 is 17.7 Å². The molecule has 46 heavy (non-hydrogen) atoms. The van der Waals surface area contributed by atoms with Gasteiger partial charge in [0, 0.05) is 56.8 Å². The monoisotopic (exact) mass is 632 g/mol. The predicted molar refractivity (Wildman–Crippen MR) is 178 cm³/mol. The van der Waals surface area contributed by atoms with Gasteiger partial charge < -0.3 is 25.2 Å². The van der Waals surface area contributed by atoms with Gasteiger partial charge in [-0.3, -0.25) is 14.4 Å². The summed E-state index contributed by atoms with van der Waals surface area (Å²) in [4.78, 5) is 51.6. The summed E-state index contributed by atoms with van der Waals surface area (Å²) in [6.45, 7) is 9.09. The second-order valence-electron chi connectivity index (χ2n) is 13.4. The molecular weight excluding hydrogens is 580 g/mol. The summed E-state index contributed by atoms with van der Waals surface area (Å²) in [6.07, 6.45) is 9.78. The van der Waals surface area contributed by atoms with Crippen LogP contribution < -0.4 is 15.4 Å². The third-order valence-electron chi connectivity index (χ3n) is 10.1. The number of aromatic nitrogens is 2. The molecule has 2 fully saturated rings. The second-order valence-corrected chi connectivity index (χ2v) is 13.4. The van der Waals surface area contributed by atoms with E-state index in [9.17, 15) is 14.4 Å². The quantitative estimate of drug-likeness (QED) is 0.475. The number of nitrogens with zero attached hydrogens (tertiary/aromatic N) is 4. The van der Waals surface area contributed by atoms with Crippen molar-refractivity contribution < 1.29 is 19.1 Å². The topological polar surface area (TPSA) is 117 Å². The van der Waals surface area contributed by atoms with Crippen LogP contribution in [0.15, 0.2) is 30.3 Å². The highest BCUT2D eigenvalue weighted by atomic mass is 16.5. The van der Waals surface area contributed by atoms with Gasteiger partial charge in [-0.05, 0) is 89.1 Å². The van der Waals surface area contributed by atoms with Gasteiger partial charge in [0.2, 0.25) is 17.7 Å². The van der Waals surface area contributed by atoms with E-state index in [1.807, 2.05) is 30.0 Å². The Morgan fingerprint density at radius 3 is 2.72 bits per heavy atom. The third-order valence-corrected chi connectivity index (χ3v) is 10.1. The molecular formula is C36H52N6O4. The average molecular weight is 633 g/mol. The molecule has 4 heterocycles. The first kappa shape index (κ1) is 33.8. The van der Waals surface area contributed by atoms with Gasteiger partial charge in [0.15, 0.2) is 0 Å². The largest absolute Gasteiger partial charge is 0.491 e. The van der Waals surface area contributed by atoms with Crippen molar-refractivity contribution in [1.29, 1.82) is 0 Å². The standard InChI is InChI=1S/C36H52N6O4/c1-27-39-31(25-32(40-27)30-11-8-20-42(26-30)28(2)43)13-14-34(44)37-18-23-41-21-16-36(17-22-41)15-7-3-4-9-29-10-5-6-12-33(29)46-24-19-38-35(36)45/h5-6,10,12,25,30H,3-4,7-9,11,13-24,26H2,1-2H3,(H,37,44)(H,38,45). The van der Waals surface area contributed by atoms with Crippen molar-refractivity contribution in [2.75, 3.05) is 52.4 Å². The minimum absolute atomic E-state index is 0.0192. The van der Waals surface area contributed by atoms with Crippen LogP contribution in [-0.4, -0.2) is 89.9 Å². The highest BCUT2D eigenvalue weighted by molar-refractivity contribution is 5.82. The summed E-state index contributed by atoms with van der Waals surface area (Å²) in [5.41, 5.74) is 2.78. The molecule has 1 spiro atoms. The molecule has 1 aromatic carbocycles. The molecule has 0 aliphatic carbocycles. The zero-order valence-corrected chi connectivity index (χ0v) is 27.8. The smallest absolute Gasteiger partial charge is 0.226 e. The van der Waals surface area contributed by atoms with Crippen molar-refractivity contribution in [3.8, 4) is 5.75 Å². The summed E-state index contributed by atoms with van der Waals surface area (Å²) in [5.74, 6) is 2.15. The summed E-state index contributed by atoms with van der Waals surface area (Å²) in [7, 11) is 0. The van der Waals surface area contributed by atoms with Gasteiger partial charge in [-0.15, -0.1) is 0 Å². The fourth-order valence-electron chi connectivity index (χ4n) is 7.30. The number of ether oxygens (including phenoxy) is 1. The molecule has 2 N–H and O–H groups in total. The average Bonchev–Trinajstić information content (AvgIpc) is 3.07. The number of hydrogen-bond acceptors (Lipinski definition) is 7. The van der Waals surface area contributed by atoms with Crippen LogP contribution in [-0.2, 0) is 27.2 Å². The Bertz CT molecular complexity index is 1340. The van der Waals surface area contributed by atoms with Crippen molar-refractivity contribution in [3.05, 3.63) is 53.1 Å². The molecule has 3 amide bonds. The SMILES string of the molecule is CC(=O)N1CCCC(c2cc(CCC(=O)NCCN3CCC4(CCCCCc5ccccc5OCCNC4=O)CC3)nc(C)n2)C1. The van der Waals surface area contributed by atoms with Crippen LogP contribution in [0.3, 0.4) is 0 Å². The minimum atomic E-state index is -0.322. The first-order valence-corrected chi connectivity index (χ1v) is 17.4. The normalized spacial score (nSPS) is 21.1. The van der Waals surface area contributed by atoms with E-state index in [-0.39, 0.29) is 29.1 Å². The number of rotatable bonds is 7. The second kappa shape index (κ2) is 16.3. The van der Waals surface area contributed by atoms with Gasteiger partial charge in [-0.1, -0.05) is 31.0 Å². The predicted octanol–water partition coefficient (Wildman–Crippen LogP) is 3.95. The van der Waals surface area contributed by atoms with Crippen LogP contribution in [0.1, 0.15) is 93.4 Å². The lowest BCUT2D eigenvalue weighted by Gasteiger charge is -2.41. The number of carbonyl (C=O) groups excluding carboxylic acids is 3. The third kappa shape index (κ3) is 9.27. The maximum Gasteiger partial charge on any atom is 0.226 e. The fourth-order valence-corrected chi connectivity index (χ4v) is 7.30. The first-order chi connectivity index (χ1) is 22.3. The Morgan fingerprint density at radius 2 is 1.89 bits per heavy atom. The molecule has 1 unspecified atom stereocenters. The number of carbonyl (C=O) groups is 3. The van der Waals surface area contributed by atoms with Crippen LogP contribution in [0.2, 0.25) is 0 Å². The number of hydrogen-bond donors (Lipinski definition) is 2. The Morgan fingerprint density at radius 1 is 1.07 bits per heavy atom. The van der Waals surface area contributed by atoms with E-state index in [4.69, 9.17) is 4.74 Å². The number of benzene rings is 1. The maximum absolute atomic E-state index is 13.4. The lowest BCUT2D eigenvalue weighted by Crippen LogP contribution is -2.50. The number of para-hydroxylation sites is 1. The fraction of sp³-hybridized carbons (Fsp3) is 0.639. The molecule has 0 bridgehead atoms. The molecule has 10 heteroatoms. The summed E-state index contributed by atoms with van der Waals surface area (Å²) in [5, 5.41) is 6.27. The van der Waals surface area contributed by atoms with Gasteiger partial charge >= 0.3 is 0 Å². The van der Waals surface area contributed by atoms with Crippen LogP contribution in [0.25, 0.3) is 0 Å². The Balaban J connectivity index is 1.04.